The van der Waals surface area contributed by atoms with Crippen molar-refractivity contribution in [2.75, 3.05) is 20.6 Å². The monoisotopic (exact) mass is 307 g/mol. The number of oxime groups is 1. The molecule has 1 heterocycles. The Morgan fingerprint density at radius 1 is 1.36 bits per heavy atom. The lowest BCUT2D eigenvalue weighted by Gasteiger charge is -2.12. The van der Waals surface area contributed by atoms with Gasteiger partial charge < -0.3 is 15.1 Å². The fourth-order valence-corrected chi connectivity index (χ4v) is 1.96. The fourth-order valence-electron chi connectivity index (χ4n) is 1.96. The second kappa shape index (κ2) is 7.02. The zero-order valence-corrected chi connectivity index (χ0v) is 12.5. The number of nitrogens with one attached hydrogen (secondary N) is 1. The van der Waals surface area contributed by atoms with Gasteiger partial charge in [0.15, 0.2) is 0 Å². The number of carbonyl (C=O) groups is 2. The first-order chi connectivity index (χ1) is 10.5. The number of hydrogen-bond acceptors (Lipinski definition) is 4. The van der Waals surface area contributed by atoms with E-state index >= 15 is 0 Å². The zero-order valence-electron chi connectivity index (χ0n) is 12.5. The molecule has 0 bridgehead atoms. The Morgan fingerprint density at radius 2 is 2.05 bits per heavy atom. The van der Waals surface area contributed by atoms with E-state index in [9.17, 15) is 14.0 Å². The van der Waals surface area contributed by atoms with Gasteiger partial charge in [0.1, 0.15) is 5.82 Å². The molecule has 0 unspecified atom stereocenters. The van der Waals surface area contributed by atoms with E-state index in [0.29, 0.717) is 12.1 Å². The summed E-state index contributed by atoms with van der Waals surface area (Å²) in [6.07, 6.45) is -0.162. The second-order valence-corrected chi connectivity index (χ2v) is 5.17. The van der Waals surface area contributed by atoms with E-state index < -0.39 is 6.10 Å². The van der Waals surface area contributed by atoms with Crippen LogP contribution in [-0.2, 0) is 14.4 Å². The lowest BCUT2D eigenvalue weighted by atomic mass is 10.0. The van der Waals surface area contributed by atoms with Crippen LogP contribution < -0.4 is 5.32 Å². The summed E-state index contributed by atoms with van der Waals surface area (Å²) in [5, 5.41) is 6.51. The van der Waals surface area contributed by atoms with E-state index in [2.05, 4.69) is 10.5 Å². The van der Waals surface area contributed by atoms with Crippen molar-refractivity contribution >= 4 is 17.5 Å². The van der Waals surface area contributed by atoms with Crippen LogP contribution in [0.15, 0.2) is 29.4 Å². The van der Waals surface area contributed by atoms with Gasteiger partial charge in [0.25, 0.3) is 5.91 Å². The zero-order chi connectivity index (χ0) is 16.1. The van der Waals surface area contributed by atoms with Gasteiger partial charge in [-0.25, -0.2) is 4.39 Å². The van der Waals surface area contributed by atoms with E-state index in [1.54, 1.807) is 26.2 Å². The Labute approximate surface area is 127 Å². The summed E-state index contributed by atoms with van der Waals surface area (Å²) in [5.74, 6) is -0.702. The molecular formula is C15H18FN3O3. The van der Waals surface area contributed by atoms with Gasteiger partial charge in [0.05, 0.1) is 5.71 Å². The fraction of sp³-hybridized carbons (Fsp3) is 0.400. The van der Waals surface area contributed by atoms with Gasteiger partial charge in [-0.05, 0) is 17.7 Å². The summed E-state index contributed by atoms with van der Waals surface area (Å²) in [6.45, 7) is 0.252. The molecule has 22 heavy (non-hydrogen) atoms. The summed E-state index contributed by atoms with van der Waals surface area (Å²) in [4.78, 5) is 29.9. The molecule has 7 heteroatoms. The van der Waals surface area contributed by atoms with Crippen molar-refractivity contribution in [1.82, 2.24) is 10.2 Å². The molecule has 2 amide bonds. The average molecular weight is 307 g/mol. The Kier molecular flexibility index (Phi) is 5.08. The Balaban J connectivity index is 1.80. The molecule has 6 nitrogen and oxygen atoms in total. The Bertz CT molecular complexity index is 584. The molecule has 118 valence electrons. The van der Waals surface area contributed by atoms with Crippen LogP contribution in [0.25, 0.3) is 0 Å². The van der Waals surface area contributed by atoms with Crippen molar-refractivity contribution in [2.45, 2.75) is 18.9 Å². The minimum absolute atomic E-state index is 0.0594. The number of amides is 2. The SMILES string of the molecule is CN(C)C(=O)CCNC(=O)[C@@H]1CC(c2ccc(F)cc2)=NO1. The van der Waals surface area contributed by atoms with Gasteiger partial charge >= 0.3 is 0 Å². The van der Waals surface area contributed by atoms with Gasteiger partial charge in [-0.15, -0.1) is 0 Å². The van der Waals surface area contributed by atoms with Crippen LogP contribution >= 0.6 is 0 Å². The van der Waals surface area contributed by atoms with Crippen molar-refractivity contribution in [3.8, 4) is 0 Å². The van der Waals surface area contributed by atoms with Gasteiger partial charge in [0, 0.05) is 33.5 Å². The highest BCUT2D eigenvalue weighted by Gasteiger charge is 2.28. The first-order valence-corrected chi connectivity index (χ1v) is 6.94. The lowest BCUT2D eigenvalue weighted by molar-refractivity contribution is -0.131. The molecule has 0 saturated carbocycles. The van der Waals surface area contributed by atoms with Crippen LogP contribution in [0.2, 0.25) is 0 Å². The quantitative estimate of drug-likeness (QED) is 0.879. The third kappa shape index (κ3) is 4.03. The average Bonchev–Trinajstić information content (AvgIpc) is 2.97. The number of hydrogen-bond donors (Lipinski definition) is 1. The van der Waals surface area contributed by atoms with Crippen molar-refractivity contribution in [3.63, 3.8) is 0 Å². The third-order valence-corrected chi connectivity index (χ3v) is 3.28. The predicted octanol–water partition coefficient (Wildman–Crippen LogP) is 0.913. The van der Waals surface area contributed by atoms with E-state index in [1.165, 1.54) is 17.0 Å². The topological polar surface area (TPSA) is 71.0 Å². The number of nitrogens with zero attached hydrogens (tertiary/aromatic N) is 2. The Morgan fingerprint density at radius 3 is 2.68 bits per heavy atom. The smallest absolute Gasteiger partial charge is 0.264 e. The van der Waals surface area contributed by atoms with Crippen LogP contribution in [0.1, 0.15) is 18.4 Å². The molecule has 1 aromatic rings. The van der Waals surface area contributed by atoms with Gasteiger partial charge in [-0.3, -0.25) is 9.59 Å². The van der Waals surface area contributed by atoms with Crippen LogP contribution in [0, 0.1) is 5.82 Å². The highest BCUT2D eigenvalue weighted by molar-refractivity contribution is 6.04. The highest BCUT2D eigenvalue weighted by Crippen LogP contribution is 2.17. The molecule has 0 fully saturated rings. The number of halogens is 1. The summed E-state index contributed by atoms with van der Waals surface area (Å²) >= 11 is 0. The molecule has 2 rings (SSSR count). The maximum Gasteiger partial charge on any atom is 0.264 e. The summed E-state index contributed by atoms with van der Waals surface area (Å²) < 4.78 is 12.9. The third-order valence-electron chi connectivity index (χ3n) is 3.28. The molecule has 1 atom stereocenters. The first-order valence-electron chi connectivity index (χ1n) is 6.94. The van der Waals surface area contributed by atoms with Gasteiger partial charge in [0.2, 0.25) is 12.0 Å². The Hall–Kier alpha value is -2.44. The number of carbonyl (C=O) groups excluding carboxylic acids is 2. The minimum Gasteiger partial charge on any atom is -0.382 e. The molecule has 0 aromatic heterocycles. The first kappa shape index (κ1) is 15.9. The standard InChI is InChI=1S/C15H18FN3O3/c1-19(2)14(20)7-8-17-15(21)13-9-12(18-22-13)10-3-5-11(16)6-4-10/h3-6,13H,7-9H2,1-2H3,(H,17,21)/t13-/m0/s1. The molecule has 0 spiro atoms. The molecule has 0 saturated heterocycles. The normalized spacial score (nSPS) is 16.7. The second-order valence-electron chi connectivity index (χ2n) is 5.17. The predicted molar refractivity (Wildman–Crippen MR) is 78.7 cm³/mol. The summed E-state index contributed by atoms with van der Waals surface area (Å²) in [6, 6.07) is 5.84. The highest BCUT2D eigenvalue weighted by atomic mass is 19.1. The maximum atomic E-state index is 12.9. The molecule has 1 aliphatic rings. The summed E-state index contributed by atoms with van der Waals surface area (Å²) in [7, 11) is 3.32. The number of rotatable bonds is 5. The van der Waals surface area contributed by atoms with Crippen molar-refractivity contribution in [3.05, 3.63) is 35.6 Å². The molecular weight excluding hydrogens is 289 g/mol. The van der Waals surface area contributed by atoms with Gasteiger partial charge in [-0.2, -0.15) is 0 Å². The lowest BCUT2D eigenvalue weighted by Crippen LogP contribution is -2.37. The van der Waals surface area contributed by atoms with Crippen molar-refractivity contribution in [2.24, 2.45) is 5.16 Å². The molecule has 0 aliphatic carbocycles. The van der Waals surface area contributed by atoms with E-state index in [-0.39, 0.29) is 30.6 Å². The molecule has 0 radical (unpaired) electrons. The molecule has 1 aliphatic heterocycles. The van der Waals surface area contributed by atoms with Crippen molar-refractivity contribution in [1.29, 1.82) is 0 Å². The molecule has 1 aromatic carbocycles. The van der Waals surface area contributed by atoms with Gasteiger partial charge in [-0.1, -0.05) is 17.3 Å². The van der Waals surface area contributed by atoms with Crippen LogP contribution in [-0.4, -0.2) is 49.2 Å². The largest absolute Gasteiger partial charge is 0.382 e. The van der Waals surface area contributed by atoms with Crippen LogP contribution in [0.4, 0.5) is 4.39 Å². The van der Waals surface area contributed by atoms with E-state index in [1.807, 2.05) is 0 Å². The van der Waals surface area contributed by atoms with Crippen LogP contribution in [0.5, 0.6) is 0 Å². The maximum absolute atomic E-state index is 12.9. The van der Waals surface area contributed by atoms with Crippen LogP contribution in [0.3, 0.4) is 0 Å². The minimum atomic E-state index is -0.713. The molecule has 1 N–H and O–H groups in total. The van der Waals surface area contributed by atoms with E-state index in [0.717, 1.165) is 5.56 Å². The van der Waals surface area contributed by atoms with Crippen molar-refractivity contribution < 1.29 is 18.8 Å². The summed E-state index contributed by atoms with van der Waals surface area (Å²) in [5.41, 5.74) is 1.32. The number of benzene rings is 1. The van der Waals surface area contributed by atoms with E-state index in [4.69, 9.17) is 4.84 Å².